The van der Waals surface area contributed by atoms with Crippen LogP contribution in [0.3, 0.4) is 0 Å². The highest BCUT2D eigenvalue weighted by Gasteiger charge is 2.28. The van der Waals surface area contributed by atoms with E-state index in [1.54, 1.807) is 0 Å². The first-order chi connectivity index (χ1) is 11.1. The Kier molecular flexibility index (Phi) is 5.44. The SMILES string of the molecule is C[C@@H](C(=O)NC1CCCC1)N1CCN(c2ccccc2Cl)CC1. The van der Waals surface area contributed by atoms with Crippen LogP contribution >= 0.6 is 11.6 Å². The summed E-state index contributed by atoms with van der Waals surface area (Å²) in [6, 6.07) is 8.32. The van der Waals surface area contributed by atoms with Crippen LogP contribution in [-0.2, 0) is 4.79 Å². The molecular weight excluding hydrogens is 310 g/mol. The molecule has 1 saturated carbocycles. The fourth-order valence-corrected chi connectivity index (χ4v) is 3.87. The third-order valence-electron chi connectivity index (χ3n) is 5.14. The number of benzene rings is 1. The Hall–Kier alpha value is -1.26. The number of rotatable bonds is 4. The van der Waals surface area contributed by atoms with Crippen LogP contribution in [0.25, 0.3) is 0 Å². The second-order valence-corrected chi connectivity index (χ2v) is 7.05. The van der Waals surface area contributed by atoms with Gasteiger partial charge < -0.3 is 10.2 Å². The lowest BCUT2D eigenvalue weighted by atomic mass is 10.1. The van der Waals surface area contributed by atoms with Crippen molar-refractivity contribution in [3.63, 3.8) is 0 Å². The molecule has 2 aliphatic rings. The second-order valence-electron chi connectivity index (χ2n) is 6.64. The molecule has 3 rings (SSSR count). The van der Waals surface area contributed by atoms with Gasteiger partial charge in [0.05, 0.1) is 16.8 Å². The standard InChI is InChI=1S/C18H26ClN3O/c1-14(18(23)20-15-6-2-3-7-15)21-10-12-22(13-11-21)17-9-5-4-8-16(17)19/h4-5,8-9,14-15H,2-3,6-7,10-13H2,1H3,(H,20,23)/t14-/m0/s1. The highest BCUT2D eigenvalue weighted by atomic mass is 35.5. The Morgan fingerprint density at radius 2 is 1.83 bits per heavy atom. The number of anilines is 1. The molecule has 1 atom stereocenters. The zero-order valence-corrected chi connectivity index (χ0v) is 14.6. The van der Waals surface area contributed by atoms with Crippen LogP contribution < -0.4 is 10.2 Å². The highest BCUT2D eigenvalue weighted by molar-refractivity contribution is 6.33. The Morgan fingerprint density at radius 3 is 2.48 bits per heavy atom. The van der Waals surface area contributed by atoms with Crippen molar-refractivity contribution in [2.75, 3.05) is 31.1 Å². The number of carbonyl (C=O) groups is 1. The number of halogens is 1. The van der Waals surface area contributed by atoms with Crippen LogP contribution in [0.2, 0.25) is 5.02 Å². The molecule has 1 aliphatic heterocycles. The molecule has 1 aromatic carbocycles. The number of piperazine rings is 1. The predicted molar refractivity (Wildman–Crippen MR) is 95.1 cm³/mol. The molecule has 23 heavy (non-hydrogen) atoms. The molecule has 0 bridgehead atoms. The fraction of sp³-hybridized carbons (Fsp3) is 0.611. The van der Waals surface area contributed by atoms with E-state index in [4.69, 9.17) is 11.6 Å². The number of para-hydroxylation sites is 1. The van der Waals surface area contributed by atoms with E-state index >= 15 is 0 Å². The van der Waals surface area contributed by atoms with Crippen molar-refractivity contribution in [2.24, 2.45) is 0 Å². The number of amides is 1. The molecule has 4 nitrogen and oxygen atoms in total. The Labute approximate surface area is 143 Å². The summed E-state index contributed by atoms with van der Waals surface area (Å²) in [6.45, 7) is 5.62. The topological polar surface area (TPSA) is 35.6 Å². The molecule has 0 aromatic heterocycles. The van der Waals surface area contributed by atoms with Crippen molar-refractivity contribution in [3.8, 4) is 0 Å². The molecule has 0 radical (unpaired) electrons. The van der Waals surface area contributed by atoms with Crippen LogP contribution in [0.15, 0.2) is 24.3 Å². The van der Waals surface area contributed by atoms with Crippen molar-refractivity contribution >= 4 is 23.2 Å². The summed E-state index contributed by atoms with van der Waals surface area (Å²) in [7, 11) is 0. The summed E-state index contributed by atoms with van der Waals surface area (Å²) in [6.07, 6.45) is 4.77. The summed E-state index contributed by atoms with van der Waals surface area (Å²) >= 11 is 6.28. The van der Waals surface area contributed by atoms with Gasteiger partial charge in [-0.1, -0.05) is 36.6 Å². The van der Waals surface area contributed by atoms with E-state index in [-0.39, 0.29) is 11.9 Å². The molecule has 1 heterocycles. The average molecular weight is 336 g/mol. The smallest absolute Gasteiger partial charge is 0.237 e. The van der Waals surface area contributed by atoms with Crippen LogP contribution in [0, 0.1) is 0 Å². The van der Waals surface area contributed by atoms with Gasteiger partial charge in [0.1, 0.15) is 0 Å². The maximum atomic E-state index is 12.4. The number of hydrogen-bond donors (Lipinski definition) is 1. The van der Waals surface area contributed by atoms with E-state index in [9.17, 15) is 4.79 Å². The number of nitrogens with one attached hydrogen (secondary N) is 1. The van der Waals surface area contributed by atoms with Gasteiger partial charge in [-0.3, -0.25) is 9.69 Å². The van der Waals surface area contributed by atoms with Gasteiger partial charge in [0, 0.05) is 32.2 Å². The largest absolute Gasteiger partial charge is 0.368 e. The summed E-state index contributed by atoms with van der Waals surface area (Å²) in [5.41, 5.74) is 1.09. The van der Waals surface area contributed by atoms with Crippen LogP contribution in [0.4, 0.5) is 5.69 Å². The van der Waals surface area contributed by atoms with Crippen molar-refractivity contribution in [2.45, 2.75) is 44.7 Å². The minimum absolute atomic E-state index is 0.0519. The summed E-state index contributed by atoms with van der Waals surface area (Å²) in [5, 5.41) is 4.01. The van der Waals surface area contributed by atoms with Gasteiger partial charge in [0.15, 0.2) is 0 Å². The Morgan fingerprint density at radius 1 is 1.17 bits per heavy atom. The van der Waals surface area contributed by atoms with Gasteiger partial charge in [-0.2, -0.15) is 0 Å². The fourth-order valence-electron chi connectivity index (χ4n) is 3.62. The van der Waals surface area contributed by atoms with E-state index in [1.807, 2.05) is 25.1 Å². The van der Waals surface area contributed by atoms with Gasteiger partial charge in [-0.25, -0.2) is 0 Å². The number of hydrogen-bond acceptors (Lipinski definition) is 3. The van der Waals surface area contributed by atoms with Crippen molar-refractivity contribution in [1.29, 1.82) is 0 Å². The lowest BCUT2D eigenvalue weighted by Crippen LogP contribution is -2.54. The van der Waals surface area contributed by atoms with Crippen LogP contribution in [0.5, 0.6) is 0 Å². The molecule has 1 amide bonds. The van der Waals surface area contributed by atoms with E-state index < -0.39 is 0 Å². The lowest BCUT2D eigenvalue weighted by Gasteiger charge is -2.39. The minimum Gasteiger partial charge on any atom is -0.368 e. The summed E-state index contributed by atoms with van der Waals surface area (Å²) < 4.78 is 0. The second kappa shape index (κ2) is 7.54. The normalized spacial score (nSPS) is 21.4. The van der Waals surface area contributed by atoms with E-state index in [1.165, 1.54) is 12.8 Å². The van der Waals surface area contributed by atoms with Crippen LogP contribution in [-0.4, -0.2) is 49.1 Å². The zero-order chi connectivity index (χ0) is 16.2. The maximum absolute atomic E-state index is 12.4. The molecule has 1 N–H and O–H groups in total. The predicted octanol–water partition coefficient (Wildman–Crippen LogP) is 2.91. The monoisotopic (exact) mass is 335 g/mol. The molecule has 1 aromatic rings. The van der Waals surface area contributed by atoms with E-state index in [0.29, 0.717) is 6.04 Å². The van der Waals surface area contributed by atoms with Gasteiger partial charge in [-0.05, 0) is 31.9 Å². The molecule has 0 unspecified atom stereocenters. The quantitative estimate of drug-likeness (QED) is 0.919. The number of nitrogens with zero attached hydrogens (tertiary/aromatic N) is 2. The van der Waals surface area contributed by atoms with E-state index in [2.05, 4.69) is 21.2 Å². The maximum Gasteiger partial charge on any atom is 0.237 e. The van der Waals surface area contributed by atoms with E-state index in [0.717, 1.165) is 49.7 Å². The molecule has 2 fully saturated rings. The summed E-state index contributed by atoms with van der Waals surface area (Å²) in [5.74, 6) is 0.183. The van der Waals surface area contributed by atoms with Gasteiger partial charge >= 0.3 is 0 Å². The minimum atomic E-state index is -0.0519. The Bertz CT molecular complexity index is 537. The van der Waals surface area contributed by atoms with Crippen LogP contribution in [0.1, 0.15) is 32.6 Å². The third-order valence-corrected chi connectivity index (χ3v) is 5.46. The molecule has 1 saturated heterocycles. The van der Waals surface area contributed by atoms with Gasteiger partial charge in [-0.15, -0.1) is 0 Å². The Balaban J connectivity index is 1.51. The highest BCUT2D eigenvalue weighted by Crippen LogP contribution is 2.26. The summed E-state index contributed by atoms with van der Waals surface area (Å²) in [4.78, 5) is 17.0. The molecule has 1 aliphatic carbocycles. The van der Waals surface area contributed by atoms with Crippen molar-refractivity contribution in [3.05, 3.63) is 29.3 Å². The molecule has 0 spiro atoms. The first kappa shape index (κ1) is 16.6. The van der Waals surface area contributed by atoms with Crippen molar-refractivity contribution < 1.29 is 4.79 Å². The lowest BCUT2D eigenvalue weighted by molar-refractivity contribution is -0.126. The zero-order valence-electron chi connectivity index (χ0n) is 13.8. The third kappa shape index (κ3) is 3.99. The first-order valence-electron chi connectivity index (χ1n) is 8.69. The van der Waals surface area contributed by atoms with Crippen molar-refractivity contribution in [1.82, 2.24) is 10.2 Å². The molecular formula is C18H26ClN3O. The van der Waals surface area contributed by atoms with Gasteiger partial charge in [0.2, 0.25) is 5.91 Å². The number of carbonyl (C=O) groups excluding carboxylic acids is 1. The van der Waals surface area contributed by atoms with Gasteiger partial charge in [0.25, 0.3) is 0 Å². The average Bonchev–Trinajstić information content (AvgIpc) is 3.08. The molecule has 5 heteroatoms. The molecule has 126 valence electrons. The first-order valence-corrected chi connectivity index (χ1v) is 9.07.